The Kier molecular flexibility index (Phi) is 9.49. The number of aliphatic imine (C=N–C) groups is 1. The van der Waals surface area contributed by atoms with E-state index in [2.05, 4.69) is 45.9 Å². The molecule has 0 radical (unpaired) electrons. The van der Waals surface area contributed by atoms with Gasteiger partial charge in [-0.25, -0.2) is 8.42 Å². The van der Waals surface area contributed by atoms with Crippen molar-refractivity contribution in [1.29, 1.82) is 0 Å². The van der Waals surface area contributed by atoms with E-state index < -0.39 is 9.84 Å². The molecule has 0 amide bonds. The average Bonchev–Trinajstić information content (AvgIpc) is 3.00. The maximum Gasteiger partial charge on any atom is 0.191 e. The Labute approximate surface area is 186 Å². The Morgan fingerprint density at radius 3 is 2.68 bits per heavy atom. The first-order chi connectivity index (χ1) is 13.1. The Morgan fingerprint density at radius 2 is 2.00 bits per heavy atom. The second-order valence-electron chi connectivity index (χ2n) is 7.57. The number of hydrogen-bond donors (Lipinski definition) is 2. The van der Waals surface area contributed by atoms with Crippen LogP contribution in [0.25, 0.3) is 0 Å². The van der Waals surface area contributed by atoms with Gasteiger partial charge in [0.05, 0.1) is 18.1 Å². The van der Waals surface area contributed by atoms with E-state index in [4.69, 9.17) is 4.99 Å². The minimum absolute atomic E-state index is 0. The first-order valence-corrected chi connectivity index (χ1v) is 11.9. The highest BCUT2D eigenvalue weighted by atomic mass is 127. The van der Waals surface area contributed by atoms with Crippen LogP contribution in [0.5, 0.6) is 0 Å². The molecule has 2 aliphatic heterocycles. The number of nitrogens with one attached hydrogen (secondary N) is 2. The summed E-state index contributed by atoms with van der Waals surface area (Å²) in [4.78, 5) is 7.33. The molecular weight excluding hydrogens is 487 g/mol. The summed E-state index contributed by atoms with van der Waals surface area (Å²) < 4.78 is 23.4. The molecule has 2 heterocycles. The number of piperidine rings is 1. The van der Waals surface area contributed by atoms with Gasteiger partial charge in [0.15, 0.2) is 15.8 Å². The minimum Gasteiger partial charge on any atom is -0.357 e. The van der Waals surface area contributed by atoms with Crippen LogP contribution in [0, 0.1) is 0 Å². The standard InChI is InChI=1S/C20H32N4O2S.HI/c1-2-21-20(23-18-11-13-27(25,26)16-18)22-14-19-10-6-7-12-24(19)15-17-8-4-3-5-9-17;/h3-5,8-9,18-19H,2,6-7,10-16H2,1H3,(H2,21,22,23);1H. The highest BCUT2D eigenvalue weighted by molar-refractivity contribution is 14.0. The zero-order valence-electron chi connectivity index (χ0n) is 16.6. The van der Waals surface area contributed by atoms with Gasteiger partial charge in [-0.2, -0.15) is 0 Å². The van der Waals surface area contributed by atoms with E-state index in [1.807, 2.05) is 6.92 Å². The van der Waals surface area contributed by atoms with Crippen molar-refractivity contribution in [1.82, 2.24) is 15.5 Å². The fourth-order valence-electron chi connectivity index (χ4n) is 3.91. The van der Waals surface area contributed by atoms with E-state index in [-0.39, 0.29) is 41.5 Å². The van der Waals surface area contributed by atoms with Crippen LogP contribution in [0.2, 0.25) is 0 Å². The molecular formula is C20H33IN4O2S. The van der Waals surface area contributed by atoms with Crippen LogP contribution in [0.3, 0.4) is 0 Å². The molecule has 6 nitrogen and oxygen atoms in total. The summed E-state index contributed by atoms with van der Waals surface area (Å²) in [6.45, 7) is 5.61. The number of likely N-dealkylation sites (tertiary alicyclic amines) is 1. The molecule has 3 rings (SSSR count). The van der Waals surface area contributed by atoms with E-state index in [1.165, 1.54) is 18.4 Å². The van der Waals surface area contributed by atoms with Crippen molar-refractivity contribution in [3.8, 4) is 0 Å². The highest BCUT2D eigenvalue weighted by Gasteiger charge is 2.28. The summed E-state index contributed by atoms with van der Waals surface area (Å²) in [5.74, 6) is 1.23. The van der Waals surface area contributed by atoms with Gasteiger partial charge in [-0.3, -0.25) is 9.89 Å². The summed E-state index contributed by atoms with van der Waals surface area (Å²) >= 11 is 0. The molecule has 158 valence electrons. The van der Waals surface area contributed by atoms with Crippen molar-refractivity contribution >= 4 is 39.8 Å². The Morgan fingerprint density at radius 1 is 1.21 bits per heavy atom. The van der Waals surface area contributed by atoms with Crippen LogP contribution < -0.4 is 10.6 Å². The lowest BCUT2D eigenvalue weighted by atomic mass is 10.0. The molecule has 2 N–H and O–H groups in total. The van der Waals surface area contributed by atoms with Crippen LogP contribution in [0.1, 0.15) is 38.2 Å². The average molecular weight is 520 g/mol. The lowest BCUT2D eigenvalue weighted by Crippen LogP contribution is -2.46. The lowest BCUT2D eigenvalue weighted by molar-refractivity contribution is 0.145. The molecule has 1 aromatic carbocycles. The number of halogens is 1. The van der Waals surface area contributed by atoms with Gasteiger partial charge in [0.1, 0.15) is 0 Å². The maximum atomic E-state index is 11.7. The van der Waals surface area contributed by atoms with Gasteiger partial charge in [-0.15, -0.1) is 24.0 Å². The van der Waals surface area contributed by atoms with Crippen LogP contribution in [-0.4, -0.2) is 62.5 Å². The third-order valence-corrected chi connectivity index (χ3v) is 7.12. The molecule has 0 bridgehead atoms. The summed E-state index contributed by atoms with van der Waals surface area (Å²) in [6, 6.07) is 11.0. The highest BCUT2D eigenvalue weighted by Crippen LogP contribution is 2.20. The van der Waals surface area contributed by atoms with Crippen molar-refractivity contribution < 1.29 is 8.42 Å². The SMILES string of the molecule is CCNC(=NCC1CCCCN1Cc1ccccc1)NC1CCS(=O)(=O)C1.I. The predicted molar refractivity (Wildman–Crippen MR) is 126 cm³/mol. The van der Waals surface area contributed by atoms with E-state index in [0.29, 0.717) is 12.5 Å². The summed E-state index contributed by atoms with van der Waals surface area (Å²) in [5, 5.41) is 6.58. The van der Waals surface area contributed by atoms with Crippen molar-refractivity contribution in [3.05, 3.63) is 35.9 Å². The fourth-order valence-corrected chi connectivity index (χ4v) is 5.59. The Balaban J connectivity index is 0.00000280. The van der Waals surface area contributed by atoms with Gasteiger partial charge >= 0.3 is 0 Å². The zero-order valence-corrected chi connectivity index (χ0v) is 19.8. The Hall–Kier alpha value is -0.870. The normalized spacial score (nSPS) is 25.1. The molecule has 2 aliphatic rings. The van der Waals surface area contributed by atoms with Crippen LogP contribution in [0.15, 0.2) is 35.3 Å². The number of rotatable bonds is 6. The first-order valence-electron chi connectivity index (χ1n) is 10.1. The van der Waals surface area contributed by atoms with Crippen molar-refractivity contribution in [2.24, 2.45) is 4.99 Å². The molecule has 2 atom stereocenters. The second-order valence-corrected chi connectivity index (χ2v) is 9.80. The van der Waals surface area contributed by atoms with Gasteiger partial charge in [-0.1, -0.05) is 36.8 Å². The van der Waals surface area contributed by atoms with E-state index in [1.54, 1.807) is 0 Å². The number of nitrogens with zero attached hydrogens (tertiary/aromatic N) is 2. The summed E-state index contributed by atoms with van der Waals surface area (Å²) in [5.41, 5.74) is 1.34. The number of hydrogen-bond acceptors (Lipinski definition) is 4. The molecule has 2 unspecified atom stereocenters. The van der Waals surface area contributed by atoms with Gasteiger partial charge in [0.25, 0.3) is 0 Å². The van der Waals surface area contributed by atoms with Crippen molar-refractivity contribution in [3.63, 3.8) is 0 Å². The smallest absolute Gasteiger partial charge is 0.191 e. The third kappa shape index (κ3) is 7.18. The molecule has 1 aromatic rings. The van der Waals surface area contributed by atoms with Crippen LogP contribution in [-0.2, 0) is 16.4 Å². The number of guanidine groups is 1. The van der Waals surface area contributed by atoms with Gasteiger partial charge in [-0.05, 0) is 38.3 Å². The number of benzene rings is 1. The zero-order chi connectivity index (χ0) is 19.1. The van der Waals surface area contributed by atoms with Crippen molar-refractivity contribution in [2.45, 2.75) is 51.2 Å². The number of sulfone groups is 1. The topological polar surface area (TPSA) is 73.8 Å². The van der Waals surface area contributed by atoms with E-state index in [9.17, 15) is 8.42 Å². The predicted octanol–water partition coefficient (Wildman–Crippen LogP) is 2.40. The third-order valence-electron chi connectivity index (χ3n) is 5.36. The van der Waals surface area contributed by atoms with Gasteiger partial charge < -0.3 is 10.6 Å². The van der Waals surface area contributed by atoms with E-state index in [0.717, 1.165) is 38.6 Å². The molecule has 0 aliphatic carbocycles. The molecule has 2 saturated heterocycles. The second kappa shape index (κ2) is 11.3. The summed E-state index contributed by atoms with van der Waals surface area (Å²) in [7, 11) is -2.89. The molecule has 2 fully saturated rings. The summed E-state index contributed by atoms with van der Waals surface area (Å²) in [6.07, 6.45) is 4.31. The molecule has 0 spiro atoms. The molecule has 0 aromatic heterocycles. The first kappa shape index (κ1) is 23.4. The minimum atomic E-state index is -2.89. The Bertz CT molecular complexity index is 727. The fraction of sp³-hybridized carbons (Fsp3) is 0.650. The molecule has 8 heteroatoms. The van der Waals surface area contributed by atoms with Gasteiger partial charge in [0.2, 0.25) is 0 Å². The van der Waals surface area contributed by atoms with Crippen LogP contribution >= 0.6 is 24.0 Å². The quantitative estimate of drug-likeness (QED) is 0.343. The lowest BCUT2D eigenvalue weighted by Gasteiger charge is -2.35. The molecule has 0 saturated carbocycles. The van der Waals surface area contributed by atoms with Crippen molar-refractivity contribution in [2.75, 3.05) is 31.1 Å². The molecule has 28 heavy (non-hydrogen) atoms. The largest absolute Gasteiger partial charge is 0.357 e. The van der Waals surface area contributed by atoms with Crippen LogP contribution in [0.4, 0.5) is 0 Å². The van der Waals surface area contributed by atoms with E-state index >= 15 is 0 Å². The van der Waals surface area contributed by atoms with Gasteiger partial charge in [0, 0.05) is 25.2 Å². The monoisotopic (exact) mass is 520 g/mol. The maximum absolute atomic E-state index is 11.7.